The lowest BCUT2D eigenvalue weighted by Crippen LogP contribution is -2.52. The van der Waals surface area contributed by atoms with Crippen LogP contribution in [0, 0.1) is 6.92 Å². The molecule has 3 aromatic rings. The lowest BCUT2D eigenvalue weighted by Gasteiger charge is -2.35. The normalized spacial score (nSPS) is 15.1. The van der Waals surface area contributed by atoms with Gasteiger partial charge in [0.2, 0.25) is 5.95 Å². The number of carbonyl (C=O) groups is 2. The molecule has 1 fully saturated rings. The van der Waals surface area contributed by atoms with Gasteiger partial charge in [-0.3, -0.25) is 9.78 Å². The van der Waals surface area contributed by atoms with Crippen LogP contribution in [-0.4, -0.2) is 64.0 Å². The van der Waals surface area contributed by atoms with Crippen LogP contribution in [0.5, 0.6) is 0 Å². The number of hydrogen-bond donors (Lipinski definition) is 0. The van der Waals surface area contributed by atoms with Crippen molar-refractivity contribution in [1.29, 1.82) is 0 Å². The van der Waals surface area contributed by atoms with Crippen molar-refractivity contribution in [3.63, 3.8) is 0 Å². The largest absolute Gasteiger partial charge is 0.449 e. The summed E-state index contributed by atoms with van der Waals surface area (Å²) in [4.78, 5) is 42.3. The van der Waals surface area contributed by atoms with Crippen molar-refractivity contribution in [2.45, 2.75) is 20.0 Å². The molecule has 0 radical (unpaired) electrons. The monoisotopic (exact) mass is 405 g/mol. The SMILES string of the molecule is Cc1cc(C(=O)OC(C)C(=O)N2CCN(c3ncccn3)CC2)c2ccccc2n1. The molecular weight excluding hydrogens is 382 g/mol. The summed E-state index contributed by atoms with van der Waals surface area (Å²) in [7, 11) is 0. The molecule has 0 aliphatic carbocycles. The van der Waals surface area contributed by atoms with Crippen molar-refractivity contribution >= 4 is 28.7 Å². The van der Waals surface area contributed by atoms with Gasteiger partial charge in [0.25, 0.3) is 5.91 Å². The van der Waals surface area contributed by atoms with Gasteiger partial charge >= 0.3 is 5.97 Å². The van der Waals surface area contributed by atoms with E-state index in [9.17, 15) is 9.59 Å². The summed E-state index contributed by atoms with van der Waals surface area (Å²) in [6.45, 7) is 5.75. The Morgan fingerprint density at radius 1 is 1.03 bits per heavy atom. The molecule has 0 N–H and O–H groups in total. The number of para-hydroxylation sites is 1. The molecule has 154 valence electrons. The Bertz CT molecular complexity index is 1060. The summed E-state index contributed by atoms with van der Waals surface area (Å²) in [6.07, 6.45) is 2.53. The quantitative estimate of drug-likeness (QED) is 0.615. The zero-order valence-electron chi connectivity index (χ0n) is 17.0. The van der Waals surface area contributed by atoms with Gasteiger partial charge in [-0.05, 0) is 32.0 Å². The lowest BCUT2D eigenvalue weighted by molar-refractivity contribution is -0.140. The highest BCUT2D eigenvalue weighted by Crippen LogP contribution is 2.20. The number of anilines is 1. The maximum atomic E-state index is 12.8. The number of hydrogen-bond acceptors (Lipinski definition) is 7. The van der Waals surface area contributed by atoms with Crippen molar-refractivity contribution in [2.24, 2.45) is 0 Å². The predicted molar refractivity (Wildman–Crippen MR) is 112 cm³/mol. The molecule has 1 saturated heterocycles. The minimum atomic E-state index is -0.871. The Hall–Kier alpha value is -3.55. The molecule has 1 aliphatic heterocycles. The highest BCUT2D eigenvalue weighted by atomic mass is 16.5. The lowest BCUT2D eigenvalue weighted by atomic mass is 10.1. The van der Waals surface area contributed by atoms with Crippen LogP contribution in [0.2, 0.25) is 0 Å². The van der Waals surface area contributed by atoms with Crippen LogP contribution in [0.1, 0.15) is 23.0 Å². The number of rotatable bonds is 4. The number of fused-ring (bicyclic) bond motifs is 1. The maximum Gasteiger partial charge on any atom is 0.339 e. The minimum absolute atomic E-state index is 0.202. The number of carbonyl (C=O) groups excluding carboxylic acids is 2. The van der Waals surface area contributed by atoms with Crippen LogP contribution >= 0.6 is 0 Å². The van der Waals surface area contributed by atoms with E-state index in [2.05, 4.69) is 15.0 Å². The first-order valence-electron chi connectivity index (χ1n) is 9.91. The molecule has 30 heavy (non-hydrogen) atoms. The molecule has 4 rings (SSSR count). The second-order valence-electron chi connectivity index (χ2n) is 7.24. The van der Waals surface area contributed by atoms with E-state index in [0.717, 1.165) is 11.2 Å². The van der Waals surface area contributed by atoms with Crippen LogP contribution in [0.15, 0.2) is 48.8 Å². The van der Waals surface area contributed by atoms with Gasteiger partial charge in [-0.25, -0.2) is 14.8 Å². The highest BCUT2D eigenvalue weighted by Gasteiger charge is 2.28. The highest BCUT2D eigenvalue weighted by molar-refractivity contribution is 6.04. The molecule has 2 aromatic heterocycles. The molecule has 1 atom stereocenters. The number of piperazine rings is 1. The van der Waals surface area contributed by atoms with Crippen molar-refractivity contribution in [1.82, 2.24) is 19.9 Å². The van der Waals surface area contributed by atoms with Crippen LogP contribution < -0.4 is 4.90 Å². The van der Waals surface area contributed by atoms with Gasteiger partial charge in [-0.15, -0.1) is 0 Å². The van der Waals surface area contributed by atoms with Gasteiger partial charge in [-0.1, -0.05) is 18.2 Å². The third kappa shape index (κ3) is 4.07. The maximum absolute atomic E-state index is 12.8. The van der Waals surface area contributed by atoms with E-state index in [-0.39, 0.29) is 5.91 Å². The summed E-state index contributed by atoms with van der Waals surface area (Å²) < 4.78 is 5.53. The van der Waals surface area contributed by atoms with Gasteiger partial charge in [0.05, 0.1) is 11.1 Å². The average molecular weight is 405 g/mol. The fourth-order valence-corrected chi connectivity index (χ4v) is 3.59. The smallest absolute Gasteiger partial charge is 0.339 e. The first kappa shape index (κ1) is 19.8. The molecule has 8 heteroatoms. The summed E-state index contributed by atoms with van der Waals surface area (Å²) in [5, 5.41) is 0.712. The van der Waals surface area contributed by atoms with E-state index >= 15 is 0 Å². The summed E-state index contributed by atoms with van der Waals surface area (Å²) in [6, 6.07) is 10.9. The van der Waals surface area contributed by atoms with Crippen LogP contribution in [0.25, 0.3) is 10.9 Å². The topological polar surface area (TPSA) is 88.5 Å². The molecule has 0 spiro atoms. The van der Waals surface area contributed by atoms with Gasteiger partial charge in [0.15, 0.2) is 6.10 Å². The minimum Gasteiger partial charge on any atom is -0.449 e. The summed E-state index contributed by atoms with van der Waals surface area (Å²) in [5.41, 5.74) is 1.87. The summed E-state index contributed by atoms with van der Waals surface area (Å²) in [5.74, 6) is -0.0649. The molecular formula is C22H23N5O3. The van der Waals surface area contributed by atoms with Crippen LogP contribution in [0.3, 0.4) is 0 Å². The number of pyridine rings is 1. The van der Waals surface area contributed by atoms with Crippen LogP contribution in [-0.2, 0) is 9.53 Å². The fourth-order valence-electron chi connectivity index (χ4n) is 3.59. The standard InChI is InChI=1S/C22H23N5O3/c1-15-14-18(17-6-3-4-7-19(17)25-15)21(29)30-16(2)20(28)26-10-12-27(13-11-26)22-23-8-5-9-24-22/h3-9,14,16H,10-13H2,1-2H3. The molecule has 1 amide bonds. The molecule has 0 saturated carbocycles. The van der Waals surface area contributed by atoms with Gasteiger partial charge in [-0.2, -0.15) is 0 Å². The molecule has 1 aliphatic rings. The first-order chi connectivity index (χ1) is 14.5. The molecule has 3 heterocycles. The Labute approximate surface area is 174 Å². The van der Waals surface area contributed by atoms with E-state index in [1.54, 1.807) is 36.4 Å². The van der Waals surface area contributed by atoms with Gasteiger partial charge in [0, 0.05) is 49.7 Å². The number of ether oxygens (including phenoxy) is 1. The van der Waals surface area contributed by atoms with Crippen molar-refractivity contribution in [3.8, 4) is 0 Å². The van der Waals surface area contributed by atoms with Crippen LogP contribution in [0.4, 0.5) is 5.95 Å². The Morgan fingerprint density at radius 3 is 2.47 bits per heavy atom. The van der Waals surface area contributed by atoms with E-state index in [1.807, 2.05) is 36.1 Å². The predicted octanol–water partition coefficient (Wildman–Crippen LogP) is 2.23. The third-order valence-corrected chi connectivity index (χ3v) is 5.12. The van der Waals surface area contributed by atoms with Crippen molar-refractivity contribution in [3.05, 3.63) is 60.0 Å². The fraction of sp³-hybridized carbons (Fsp3) is 0.318. The molecule has 0 bridgehead atoms. The molecule has 1 unspecified atom stereocenters. The van der Waals surface area contributed by atoms with Crippen molar-refractivity contribution in [2.75, 3.05) is 31.1 Å². The van der Waals surface area contributed by atoms with E-state index < -0.39 is 12.1 Å². The average Bonchev–Trinajstić information content (AvgIpc) is 2.78. The van der Waals surface area contributed by atoms with Gasteiger partial charge in [0.1, 0.15) is 0 Å². The first-order valence-corrected chi connectivity index (χ1v) is 9.91. The second-order valence-corrected chi connectivity index (χ2v) is 7.24. The Balaban J connectivity index is 1.40. The Morgan fingerprint density at radius 2 is 1.73 bits per heavy atom. The molecule has 1 aromatic carbocycles. The number of benzene rings is 1. The van der Waals surface area contributed by atoms with Crippen molar-refractivity contribution < 1.29 is 14.3 Å². The molecule has 8 nitrogen and oxygen atoms in total. The third-order valence-electron chi connectivity index (χ3n) is 5.12. The number of amides is 1. The number of aromatic nitrogens is 3. The van der Waals surface area contributed by atoms with E-state index in [0.29, 0.717) is 43.1 Å². The zero-order chi connectivity index (χ0) is 21.1. The number of nitrogens with zero attached hydrogens (tertiary/aromatic N) is 5. The second kappa shape index (κ2) is 8.44. The zero-order valence-corrected chi connectivity index (χ0v) is 17.0. The van der Waals surface area contributed by atoms with E-state index in [1.165, 1.54) is 0 Å². The van der Waals surface area contributed by atoms with E-state index in [4.69, 9.17) is 4.74 Å². The van der Waals surface area contributed by atoms with Gasteiger partial charge < -0.3 is 14.5 Å². The summed E-state index contributed by atoms with van der Waals surface area (Å²) >= 11 is 0. The number of aryl methyl sites for hydroxylation is 1. The number of esters is 1. The Kier molecular flexibility index (Phi) is 5.56.